The topological polar surface area (TPSA) is 83.9 Å². The first-order valence-electron chi connectivity index (χ1n) is 5.34. The molecule has 0 heterocycles. The molecule has 19 heavy (non-hydrogen) atoms. The van der Waals surface area contributed by atoms with Gasteiger partial charge in [-0.2, -0.15) is 13.5 Å². The van der Waals surface area contributed by atoms with Crippen LogP contribution in [-0.2, 0) is 19.5 Å². The number of hydroxylamine groups is 1. The summed E-state index contributed by atoms with van der Waals surface area (Å²) in [5, 5.41) is 1.98. The van der Waals surface area contributed by atoms with Crippen LogP contribution in [0.15, 0.2) is 42.5 Å². The molecule has 1 amide bonds. The maximum Gasteiger partial charge on any atom is 0.418 e. The second kappa shape index (κ2) is 4.96. The maximum atomic E-state index is 11.5. The molecule has 0 aliphatic heterocycles. The van der Waals surface area contributed by atoms with Crippen molar-refractivity contribution in [3.8, 4) is 0 Å². The second-order valence-corrected chi connectivity index (χ2v) is 4.82. The van der Waals surface area contributed by atoms with Crippen molar-refractivity contribution in [1.29, 1.82) is 0 Å². The van der Waals surface area contributed by atoms with E-state index in [1.165, 1.54) is 6.07 Å². The molecule has 0 unspecified atom stereocenters. The van der Waals surface area contributed by atoms with Crippen molar-refractivity contribution >= 4 is 32.8 Å². The minimum atomic E-state index is -4.78. The van der Waals surface area contributed by atoms with Crippen molar-refractivity contribution in [2.45, 2.75) is 6.92 Å². The van der Waals surface area contributed by atoms with Crippen LogP contribution in [0.25, 0.3) is 10.8 Å². The van der Waals surface area contributed by atoms with Gasteiger partial charge >= 0.3 is 10.4 Å². The van der Waals surface area contributed by atoms with Gasteiger partial charge in [0, 0.05) is 12.3 Å². The molecule has 0 fully saturated rings. The fourth-order valence-electron chi connectivity index (χ4n) is 1.74. The van der Waals surface area contributed by atoms with Crippen molar-refractivity contribution in [2.24, 2.45) is 0 Å². The Labute approximate surface area is 110 Å². The van der Waals surface area contributed by atoms with Crippen LogP contribution >= 0.6 is 0 Å². The van der Waals surface area contributed by atoms with E-state index < -0.39 is 16.3 Å². The van der Waals surface area contributed by atoms with Crippen LogP contribution in [0.3, 0.4) is 0 Å². The van der Waals surface area contributed by atoms with Gasteiger partial charge in [0.15, 0.2) is 0 Å². The fraction of sp³-hybridized carbons (Fsp3) is 0.0833. The molecule has 0 radical (unpaired) electrons. The Morgan fingerprint density at radius 3 is 2.42 bits per heavy atom. The summed E-state index contributed by atoms with van der Waals surface area (Å²) in [5.41, 5.74) is 0.239. The zero-order chi connectivity index (χ0) is 14.0. The predicted molar refractivity (Wildman–Crippen MR) is 69.7 cm³/mol. The van der Waals surface area contributed by atoms with Gasteiger partial charge in [0.05, 0.1) is 5.69 Å². The average molecular weight is 281 g/mol. The van der Waals surface area contributed by atoms with Crippen molar-refractivity contribution in [3.05, 3.63) is 42.5 Å². The van der Waals surface area contributed by atoms with Gasteiger partial charge in [-0.1, -0.05) is 36.4 Å². The van der Waals surface area contributed by atoms with Gasteiger partial charge in [0.25, 0.3) is 0 Å². The molecule has 0 saturated carbocycles. The van der Waals surface area contributed by atoms with E-state index in [0.717, 1.165) is 12.3 Å². The maximum absolute atomic E-state index is 11.5. The lowest BCUT2D eigenvalue weighted by atomic mass is 10.1. The number of anilines is 1. The lowest BCUT2D eigenvalue weighted by molar-refractivity contribution is -0.120. The monoisotopic (exact) mass is 281 g/mol. The number of hydrogen-bond acceptors (Lipinski definition) is 4. The number of carbonyl (C=O) groups excluding carboxylic acids is 1. The summed E-state index contributed by atoms with van der Waals surface area (Å²) in [6, 6.07) is 12.1. The van der Waals surface area contributed by atoms with Crippen molar-refractivity contribution in [2.75, 3.05) is 5.06 Å². The van der Waals surface area contributed by atoms with Crippen molar-refractivity contribution < 1.29 is 22.0 Å². The van der Waals surface area contributed by atoms with Gasteiger partial charge in [-0.15, -0.1) is 4.28 Å². The molecule has 6 nitrogen and oxygen atoms in total. The summed E-state index contributed by atoms with van der Waals surface area (Å²) >= 11 is 0. The van der Waals surface area contributed by atoms with Crippen molar-refractivity contribution in [3.63, 3.8) is 0 Å². The molecule has 0 bridgehead atoms. The highest BCUT2D eigenvalue weighted by Gasteiger charge is 2.21. The number of hydrogen-bond donors (Lipinski definition) is 1. The standard InChI is InChI=1S/C12H11NO5S/c1-9(14)13(18-19(15,16)17)12-8-4-6-10-5-2-3-7-11(10)12/h2-8H,1H3,(H,15,16,17). The summed E-state index contributed by atoms with van der Waals surface area (Å²) in [4.78, 5) is 11.5. The molecular weight excluding hydrogens is 270 g/mol. The SMILES string of the molecule is CC(=O)N(OS(=O)(=O)O)c1cccc2ccccc12. The van der Waals surface area contributed by atoms with Crippen LogP contribution in [0.4, 0.5) is 5.69 Å². The molecule has 0 atom stereocenters. The van der Waals surface area contributed by atoms with Gasteiger partial charge in [-0.05, 0) is 11.5 Å². The molecule has 0 aliphatic carbocycles. The van der Waals surface area contributed by atoms with Gasteiger partial charge < -0.3 is 0 Å². The highest BCUT2D eigenvalue weighted by atomic mass is 32.3. The van der Waals surface area contributed by atoms with Crippen LogP contribution in [-0.4, -0.2) is 18.9 Å². The summed E-state index contributed by atoms with van der Waals surface area (Å²) in [7, 11) is -4.78. The zero-order valence-corrected chi connectivity index (χ0v) is 10.8. The Morgan fingerprint density at radius 1 is 1.16 bits per heavy atom. The number of amides is 1. The molecule has 2 rings (SSSR count). The Kier molecular flexibility index (Phi) is 3.52. The summed E-state index contributed by atoms with van der Waals surface area (Å²) < 4.78 is 34.6. The summed E-state index contributed by atoms with van der Waals surface area (Å²) in [6.45, 7) is 1.13. The number of benzene rings is 2. The molecule has 100 valence electrons. The highest BCUT2D eigenvalue weighted by molar-refractivity contribution is 7.81. The van der Waals surface area contributed by atoms with Crippen LogP contribution < -0.4 is 5.06 Å². The molecular formula is C12H11NO5S. The first-order chi connectivity index (χ1) is 8.88. The van der Waals surface area contributed by atoms with E-state index in [2.05, 4.69) is 4.28 Å². The molecule has 2 aromatic carbocycles. The average Bonchev–Trinajstić information content (AvgIpc) is 2.34. The third-order valence-electron chi connectivity index (χ3n) is 2.44. The lowest BCUT2D eigenvalue weighted by Gasteiger charge is -2.19. The second-order valence-electron chi connectivity index (χ2n) is 3.81. The van der Waals surface area contributed by atoms with Crippen LogP contribution in [0, 0.1) is 0 Å². The molecule has 0 aliphatic rings. The zero-order valence-electron chi connectivity index (χ0n) is 9.98. The number of fused-ring (bicyclic) bond motifs is 1. The quantitative estimate of drug-likeness (QED) is 0.686. The molecule has 0 saturated heterocycles. The van der Waals surface area contributed by atoms with Gasteiger partial charge in [-0.25, -0.2) is 0 Å². The first-order valence-corrected chi connectivity index (χ1v) is 6.70. The Morgan fingerprint density at radius 2 is 1.79 bits per heavy atom. The molecule has 0 spiro atoms. The van der Waals surface area contributed by atoms with Gasteiger partial charge in [0.2, 0.25) is 5.91 Å². The molecule has 2 aromatic rings. The molecule has 7 heteroatoms. The third kappa shape index (κ3) is 3.08. The van der Waals surface area contributed by atoms with Gasteiger partial charge in [0.1, 0.15) is 0 Å². The Hall–Kier alpha value is -1.96. The highest BCUT2D eigenvalue weighted by Crippen LogP contribution is 2.27. The minimum Gasteiger partial charge on any atom is -0.272 e. The normalized spacial score (nSPS) is 11.5. The third-order valence-corrected chi connectivity index (χ3v) is 2.78. The fourth-order valence-corrected chi connectivity index (χ4v) is 2.12. The summed E-state index contributed by atoms with van der Waals surface area (Å²) in [6.07, 6.45) is 0. The molecule has 0 aromatic heterocycles. The van der Waals surface area contributed by atoms with Crippen molar-refractivity contribution in [1.82, 2.24) is 0 Å². The number of rotatable bonds is 3. The smallest absolute Gasteiger partial charge is 0.272 e. The van der Waals surface area contributed by atoms with E-state index in [1.54, 1.807) is 18.2 Å². The predicted octanol–water partition coefficient (Wildman–Crippen LogP) is 1.93. The van der Waals surface area contributed by atoms with E-state index in [1.807, 2.05) is 18.2 Å². The Balaban J connectivity index is 2.60. The largest absolute Gasteiger partial charge is 0.418 e. The first kappa shape index (κ1) is 13.5. The van der Waals surface area contributed by atoms with E-state index >= 15 is 0 Å². The van der Waals surface area contributed by atoms with E-state index in [-0.39, 0.29) is 5.69 Å². The Bertz CT molecular complexity index is 720. The lowest BCUT2D eigenvalue weighted by Crippen LogP contribution is -2.31. The van der Waals surface area contributed by atoms with Crippen LogP contribution in [0.2, 0.25) is 0 Å². The van der Waals surface area contributed by atoms with Gasteiger partial charge in [-0.3, -0.25) is 9.35 Å². The van der Waals surface area contributed by atoms with E-state index in [4.69, 9.17) is 4.55 Å². The number of carbonyl (C=O) groups is 1. The van der Waals surface area contributed by atoms with E-state index in [0.29, 0.717) is 10.4 Å². The number of nitrogens with zero attached hydrogens (tertiary/aromatic N) is 1. The summed E-state index contributed by atoms with van der Waals surface area (Å²) in [5.74, 6) is -0.672. The van der Waals surface area contributed by atoms with Crippen LogP contribution in [0.1, 0.15) is 6.92 Å². The minimum absolute atomic E-state index is 0.239. The molecule has 1 N–H and O–H groups in total. The van der Waals surface area contributed by atoms with Crippen LogP contribution in [0.5, 0.6) is 0 Å². The van der Waals surface area contributed by atoms with E-state index in [9.17, 15) is 13.2 Å².